The van der Waals surface area contributed by atoms with Crippen molar-refractivity contribution in [3.63, 3.8) is 0 Å². The zero-order valence-corrected chi connectivity index (χ0v) is 19.7. The number of piperazine rings is 1. The maximum Gasteiger partial charge on any atom is 0.243 e. The maximum atomic E-state index is 13.4. The predicted molar refractivity (Wildman–Crippen MR) is 121 cm³/mol. The Morgan fingerprint density at radius 2 is 1.78 bits per heavy atom. The first-order chi connectivity index (χ1) is 15.2. The first-order valence-corrected chi connectivity index (χ1v) is 12.5. The van der Waals surface area contributed by atoms with E-state index in [9.17, 15) is 13.2 Å². The third-order valence-electron chi connectivity index (χ3n) is 7.17. The monoisotopic (exact) mass is 458 g/mol. The van der Waals surface area contributed by atoms with Crippen molar-refractivity contribution in [2.24, 2.45) is 7.05 Å². The number of amides is 1. The Kier molecular flexibility index (Phi) is 5.06. The van der Waals surface area contributed by atoms with Gasteiger partial charge in [0.15, 0.2) is 5.82 Å². The van der Waals surface area contributed by atoms with Gasteiger partial charge in [-0.05, 0) is 37.2 Å². The quantitative estimate of drug-likeness (QED) is 0.683. The van der Waals surface area contributed by atoms with Crippen LogP contribution in [0.3, 0.4) is 0 Å². The van der Waals surface area contributed by atoms with Gasteiger partial charge < -0.3 is 14.7 Å². The van der Waals surface area contributed by atoms with Crippen LogP contribution in [0.15, 0.2) is 35.4 Å². The highest BCUT2D eigenvalue weighted by Crippen LogP contribution is 2.49. The van der Waals surface area contributed by atoms with E-state index in [0.29, 0.717) is 37.6 Å². The normalized spacial score (nSPS) is 24.5. The average Bonchev–Trinajstić information content (AvgIpc) is 3.47. The van der Waals surface area contributed by atoms with Gasteiger partial charge in [-0.15, -0.1) is 0 Å². The number of fused-ring (bicyclic) bond motifs is 2. The lowest BCUT2D eigenvalue weighted by atomic mass is 9.81. The summed E-state index contributed by atoms with van der Waals surface area (Å²) >= 11 is 0. The molecule has 1 aromatic heterocycles. The minimum absolute atomic E-state index is 0.0564. The number of hydrogen-bond acceptors (Lipinski definition) is 6. The second-order valence-corrected chi connectivity index (χ2v) is 11.2. The molecule has 0 saturated carbocycles. The van der Waals surface area contributed by atoms with Gasteiger partial charge in [-0.2, -0.15) is 9.40 Å². The molecule has 1 spiro atoms. The smallest absolute Gasteiger partial charge is 0.243 e. The highest BCUT2D eigenvalue weighted by molar-refractivity contribution is 7.89. The van der Waals surface area contributed by atoms with E-state index in [1.165, 1.54) is 0 Å². The minimum atomic E-state index is -3.57. The third-order valence-corrected chi connectivity index (χ3v) is 9.06. The Morgan fingerprint density at radius 3 is 2.41 bits per heavy atom. The lowest BCUT2D eigenvalue weighted by molar-refractivity contribution is -0.127. The summed E-state index contributed by atoms with van der Waals surface area (Å²) in [5, 5.41) is 4.58. The fourth-order valence-corrected chi connectivity index (χ4v) is 6.68. The molecular weight excluding hydrogens is 428 g/mol. The number of rotatable bonds is 3. The van der Waals surface area contributed by atoms with Crippen LogP contribution >= 0.6 is 0 Å². The van der Waals surface area contributed by atoms with Crippen molar-refractivity contribution in [2.75, 3.05) is 57.8 Å². The zero-order valence-electron chi connectivity index (χ0n) is 18.9. The van der Waals surface area contributed by atoms with Crippen molar-refractivity contribution in [3.05, 3.63) is 36.0 Å². The highest BCUT2D eigenvalue weighted by atomic mass is 32.2. The molecule has 1 unspecified atom stereocenters. The summed E-state index contributed by atoms with van der Waals surface area (Å²) in [7, 11) is 0.321. The Bertz CT molecular complexity index is 1150. The van der Waals surface area contributed by atoms with Crippen LogP contribution in [0.5, 0.6) is 0 Å². The summed E-state index contributed by atoms with van der Waals surface area (Å²) in [6.45, 7) is 6.01. The van der Waals surface area contributed by atoms with Gasteiger partial charge in [0.1, 0.15) is 0 Å². The number of likely N-dealkylation sites (N-methyl/N-ethyl adjacent to an activating group) is 1. The van der Waals surface area contributed by atoms with Crippen molar-refractivity contribution in [1.82, 2.24) is 23.9 Å². The molecule has 5 rings (SSSR count). The van der Waals surface area contributed by atoms with E-state index in [-0.39, 0.29) is 11.3 Å². The largest absolute Gasteiger partial charge is 0.342 e. The molecule has 9 nitrogen and oxygen atoms in total. The fraction of sp³-hybridized carbons (Fsp3) is 0.545. The number of benzene rings is 1. The van der Waals surface area contributed by atoms with Crippen molar-refractivity contribution in [2.45, 2.75) is 23.7 Å². The average molecular weight is 459 g/mol. The van der Waals surface area contributed by atoms with Crippen LogP contribution in [0, 0.1) is 0 Å². The van der Waals surface area contributed by atoms with Crippen LogP contribution in [-0.4, -0.2) is 91.1 Å². The number of likely N-dealkylation sites (tertiary alicyclic amines) is 1. The lowest BCUT2D eigenvalue weighted by Gasteiger charge is -2.32. The second-order valence-electron chi connectivity index (χ2n) is 9.29. The number of hydrogen-bond donors (Lipinski definition) is 0. The number of sulfonamides is 1. The second kappa shape index (κ2) is 7.57. The van der Waals surface area contributed by atoms with E-state index < -0.39 is 10.0 Å². The molecule has 4 heterocycles. The standard InChI is InChI=1S/C22H30N6O3S/c1-17(29)26-9-7-22(15-26)16-28(21-6-8-25(3)23-21)20-5-4-18(14-19(20)22)32(30,31)27-12-10-24(2)11-13-27/h4-6,8,14H,7,9-13,15-16H2,1-3H3. The van der Waals surface area contributed by atoms with Gasteiger partial charge >= 0.3 is 0 Å². The molecule has 1 atom stereocenters. The van der Waals surface area contributed by atoms with E-state index in [1.54, 1.807) is 22.0 Å². The SMILES string of the molecule is CC(=O)N1CCC2(C1)CN(c1ccn(C)n1)c1ccc(S(=O)(=O)N3CCN(C)CC3)cc12. The number of aryl methyl sites for hydroxylation is 1. The molecule has 2 saturated heterocycles. The first kappa shape index (κ1) is 21.4. The Morgan fingerprint density at radius 1 is 1.03 bits per heavy atom. The summed E-state index contributed by atoms with van der Waals surface area (Å²) < 4.78 is 30.2. The van der Waals surface area contributed by atoms with Crippen LogP contribution in [0.4, 0.5) is 11.5 Å². The maximum absolute atomic E-state index is 13.4. The molecule has 1 aromatic carbocycles. The van der Waals surface area contributed by atoms with E-state index in [4.69, 9.17) is 0 Å². The van der Waals surface area contributed by atoms with Gasteiger partial charge in [0, 0.05) is 83.2 Å². The number of aromatic nitrogens is 2. The van der Waals surface area contributed by atoms with Gasteiger partial charge in [-0.25, -0.2) is 8.42 Å². The van der Waals surface area contributed by atoms with E-state index in [2.05, 4.69) is 14.9 Å². The molecule has 3 aliphatic rings. The Balaban J connectivity index is 1.56. The molecule has 0 bridgehead atoms. The summed E-state index contributed by atoms with van der Waals surface area (Å²) in [6, 6.07) is 7.46. The Hall–Kier alpha value is -2.43. The van der Waals surface area contributed by atoms with Crippen LogP contribution in [0.1, 0.15) is 18.9 Å². The van der Waals surface area contributed by atoms with Crippen molar-refractivity contribution in [3.8, 4) is 0 Å². The molecule has 2 fully saturated rings. The van der Waals surface area contributed by atoms with Crippen LogP contribution in [0.2, 0.25) is 0 Å². The lowest BCUT2D eigenvalue weighted by Crippen LogP contribution is -2.47. The number of anilines is 2. The third kappa shape index (κ3) is 3.41. The van der Waals surface area contributed by atoms with E-state index >= 15 is 0 Å². The molecule has 10 heteroatoms. The zero-order chi connectivity index (χ0) is 22.7. The molecule has 0 aliphatic carbocycles. The molecule has 2 aromatic rings. The summed E-state index contributed by atoms with van der Waals surface area (Å²) in [5.74, 6) is 0.891. The molecule has 3 aliphatic heterocycles. The van der Waals surface area contributed by atoms with Gasteiger partial charge in [0.05, 0.1) is 4.90 Å². The highest BCUT2D eigenvalue weighted by Gasteiger charge is 2.49. The first-order valence-electron chi connectivity index (χ1n) is 11.1. The molecule has 1 amide bonds. The van der Waals surface area contributed by atoms with Crippen LogP contribution in [-0.2, 0) is 27.3 Å². The summed E-state index contributed by atoms with van der Waals surface area (Å²) in [4.78, 5) is 18.6. The topological polar surface area (TPSA) is 82.0 Å². The number of carbonyl (C=O) groups excluding carboxylic acids is 1. The molecule has 32 heavy (non-hydrogen) atoms. The van der Waals surface area contributed by atoms with Crippen molar-refractivity contribution >= 4 is 27.4 Å². The van der Waals surface area contributed by atoms with Gasteiger partial charge in [-0.1, -0.05) is 0 Å². The molecule has 172 valence electrons. The van der Waals surface area contributed by atoms with Crippen LogP contribution < -0.4 is 4.90 Å². The summed E-state index contributed by atoms with van der Waals surface area (Å²) in [6.07, 6.45) is 2.71. The number of carbonyl (C=O) groups is 1. The van der Waals surface area contributed by atoms with Gasteiger partial charge in [0.2, 0.25) is 15.9 Å². The fourth-order valence-electron chi connectivity index (χ4n) is 5.23. The van der Waals surface area contributed by atoms with Crippen molar-refractivity contribution in [1.29, 1.82) is 0 Å². The molecular formula is C22H30N6O3S. The predicted octanol–water partition coefficient (Wildman–Crippen LogP) is 0.998. The minimum Gasteiger partial charge on any atom is -0.342 e. The van der Waals surface area contributed by atoms with Gasteiger partial charge in [0.25, 0.3) is 0 Å². The van der Waals surface area contributed by atoms with Crippen LogP contribution in [0.25, 0.3) is 0 Å². The Labute approximate surface area is 189 Å². The van der Waals surface area contributed by atoms with E-state index in [0.717, 1.165) is 36.6 Å². The van der Waals surface area contributed by atoms with Crippen molar-refractivity contribution < 1.29 is 13.2 Å². The number of nitrogens with zero attached hydrogens (tertiary/aromatic N) is 6. The molecule has 0 radical (unpaired) electrons. The summed E-state index contributed by atoms with van der Waals surface area (Å²) in [5.41, 5.74) is 1.68. The van der Waals surface area contributed by atoms with Gasteiger partial charge in [-0.3, -0.25) is 9.48 Å². The van der Waals surface area contributed by atoms with E-state index in [1.807, 2.05) is 43.4 Å². The molecule has 0 N–H and O–H groups in total.